The number of carbonyl (C=O) groups excluding carboxylic acids is 1. The highest BCUT2D eigenvalue weighted by molar-refractivity contribution is 5.69. The van der Waals surface area contributed by atoms with Crippen molar-refractivity contribution in [3.05, 3.63) is 0 Å². The normalized spacial score (nSPS) is 18.9. The van der Waals surface area contributed by atoms with E-state index in [4.69, 9.17) is 20.1 Å². The molecule has 11 heteroatoms. The van der Waals surface area contributed by atoms with Crippen molar-refractivity contribution in [3.63, 3.8) is 0 Å². The Morgan fingerprint density at radius 1 is 0.607 bits per heavy atom. The van der Waals surface area contributed by atoms with Crippen LogP contribution in [0.3, 0.4) is 0 Å². The maximum absolute atomic E-state index is 11.1. The molecule has 0 saturated carbocycles. The molecule has 1 saturated heterocycles. The molecule has 0 amide bonds. The minimum absolute atomic E-state index is 0.0798. The van der Waals surface area contributed by atoms with Gasteiger partial charge in [0.25, 0.3) is 0 Å². The summed E-state index contributed by atoms with van der Waals surface area (Å²) in [6, 6.07) is 0. The molecule has 1 heterocycles. The largest absolute Gasteiger partial charge is 0.480 e. The van der Waals surface area contributed by atoms with Crippen LogP contribution in [0.15, 0.2) is 0 Å². The van der Waals surface area contributed by atoms with E-state index < -0.39 is 17.9 Å². The number of carbonyl (C=O) groups is 4. The third-order valence-electron chi connectivity index (χ3n) is 4.45. The third-order valence-corrected chi connectivity index (χ3v) is 4.45. The summed E-state index contributed by atoms with van der Waals surface area (Å²) in [6.07, 6.45) is 0. The van der Waals surface area contributed by atoms with Gasteiger partial charge in [-0.2, -0.15) is 0 Å². The molecular formula is C17H32N4O7. The summed E-state index contributed by atoms with van der Waals surface area (Å²) in [4.78, 5) is 48.8. The quantitative estimate of drug-likeness (QED) is 0.447. The molecule has 1 fully saturated rings. The van der Waals surface area contributed by atoms with Crippen LogP contribution in [0.1, 0.15) is 6.92 Å². The van der Waals surface area contributed by atoms with Crippen molar-refractivity contribution in [1.82, 2.24) is 19.6 Å². The molecule has 0 unspecified atom stereocenters. The lowest BCUT2D eigenvalue weighted by atomic mass is 10.3. The van der Waals surface area contributed by atoms with Crippen LogP contribution in [0, 0.1) is 0 Å². The summed E-state index contributed by atoms with van der Waals surface area (Å²) >= 11 is 0. The van der Waals surface area contributed by atoms with E-state index in [2.05, 4.69) is 4.90 Å². The van der Waals surface area contributed by atoms with E-state index >= 15 is 0 Å². The Hall–Kier alpha value is -2.08. The molecule has 3 N–H and O–H groups in total. The van der Waals surface area contributed by atoms with Crippen molar-refractivity contribution >= 4 is 24.7 Å². The molecule has 28 heavy (non-hydrogen) atoms. The van der Waals surface area contributed by atoms with Gasteiger partial charge in [0, 0.05) is 52.4 Å². The van der Waals surface area contributed by atoms with Crippen molar-refractivity contribution in [2.24, 2.45) is 0 Å². The molecule has 0 bridgehead atoms. The molecule has 1 rings (SSSR count). The van der Waals surface area contributed by atoms with Gasteiger partial charge < -0.3 is 25.0 Å². The van der Waals surface area contributed by atoms with Gasteiger partial charge in [-0.05, 0) is 6.54 Å². The lowest BCUT2D eigenvalue weighted by molar-refractivity contribution is -0.140. The molecule has 0 aromatic heterocycles. The van der Waals surface area contributed by atoms with Gasteiger partial charge in [-0.1, -0.05) is 6.92 Å². The lowest BCUT2D eigenvalue weighted by Gasteiger charge is -2.32. The van der Waals surface area contributed by atoms with Crippen LogP contribution >= 0.6 is 0 Å². The number of carboxylic acid groups (broad SMARTS) is 3. The first-order valence-corrected chi connectivity index (χ1v) is 9.13. The Morgan fingerprint density at radius 2 is 0.821 bits per heavy atom. The summed E-state index contributed by atoms with van der Waals surface area (Å²) in [5, 5.41) is 27.2. The summed E-state index contributed by atoms with van der Waals surface area (Å²) in [6.45, 7) is 8.77. The van der Waals surface area contributed by atoms with E-state index in [9.17, 15) is 14.4 Å². The fourth-order valence-electron chi connectivity index (χ4n) is 2.94. The molecule has 0 aliphatic carbocycles. The van der Waals surface area contributed by atoms with Gasteiger partial charge in [-0.25, -0.2) is 0 Å². The fraction of sp³-hybridized carbons (Fsp3) is 0.765. The zero-order valence-corrected chi connectivity index (χ0v) is 16.5. The fourth-order valence-corrected chi connectivity index (χ4v) is 2.94. The monoisotopic (exact) mass is 404 g/mol. The number of aliphatic carboxylic acids is 3. The zero-order valence-electron chi connectivity index (χ0n) is 16.5. The molecule has 0 spiro atoms. The SMILES string of the molecule is C=O.CCN1CCN(CC(=O)O)CCN(CC(=O)O)CCN(CC(=O)O)CC1. The van der Waals surface area contributed by atoms with E-state index in [-0.39, 0.29) is 19.6 Å². The van der Waals surface area contributed by atoms with Gasteiger partial charge in [0.15, 0.2) is 0 Å². The summed E-state index contributed by atoms with van der Waals surface area (Å²) in [5.41, 5.74) is 0. The minimum Gasteiger partial charge on any atom is -0.480 e. The average molecular weight is 404 g/mol. The van der Waals surface area contributed by atoms with Gasteiger partial charge in [-0.15, -0.1) is 0 Å². The Morgan fingerprint density at radius 3 is 1.00 bits per heavy atom. The van der Waals surface area contributed by atoms with E-state index in [1.54, 1.807) is 4.90 Å². The minimum atomic E-state index is -0.955. The van der Waals surface area contributed by atoms with Crippen LogP contribution in [-0.2, 0) is 19.2 Å². The third kappa shape index (κ3) is 12.3. The first kappa shape index (κ1) is 25.9. The summed E-state index contributed by atoms with van der Waals surface area (Å²) in [7, 11) is 0. The standard InChI is InChI=1S/C16H30N4O6.CH2O/c1-2-17-3-5-18(11-14(21)22)7-9-20(13-16(25)26)10-8-19(6-4-17)12-15(23)24;1-2/h2-13H2,1H3,(H,21,22)(H,23,24)(H,25,26);1H2. The maximum atomic E-state index is 11.1. The number of likely N-dealkylation sites (N-methyl/N-ethyl adjacent to an activating group) is 1. The number of carboxylic acids is 3. The van der Waals surface area contributed by atoms with Gasteiger partial charge in [-0.3, -0.25) is 29.1 Å². The first-order chi connectivity index (χ1) is 13.3. The van der Waals surface area contributed by atoms with Crippen molar-refractivity contribution in [3.8, 4) is 0 Å². The molecule has 162 valence electrons. The van der Waals surface area contributed by atoms with Gasteiger partial charge in [0.05, 0.1) is 19.6 Å². The number of hydrogen-bond donors (Lipinski definition) is 3. The Labute approximate surface area is 165 Å². The highest BCUT2D eigenvalue weighted by atomic mass is 16.4. The van der Waals surface area contributed by atoms with Crippen LogP contribution in [0.2, 0.25) is 0 Å². The molecule has 0 aromatic carbocycles. The number of nitrogens with zero attached hydrogens (tertiary/aromatic N) is 4. The van der Waals surface area contributed by atoms with Crippen molar-refractivity contribution in [2.45, 2.75) is 6.92 Å². The van der Waals surface area contributed by atoms with Gasteiger partial charge in [0.2, 0.25) is 0 Å². The second-order valence-electron chi connectivity index (χ2n) is 6.44. The van der Waals surface area contributed by atoms with E-state index in [1.165, 1.54) is 0 Å². The van der Waals surface area contributed by atoms with E-state index in [0.717, 1.165) is 6.54 Å². The summed E-state index contributed by atoms with van der Waals surface area (Å²) in [5.74, 6) is -2.76. The van der Waals surface area contributed by atoms with Crippen LogP contribution in [0.5, 0.6) is 0 Å². The highest BCUT2D eigenvalue weighted by Crippen LogP contribution is 2.01. The van der Waals surface area contributed by atoms with Crippen LogP contribution in [0.25, 0.3) is 0 Å². The molecule has 11 nitrogen and oxygen atoms in total. The Balaban J connectivity index is 0.00000352. The van der Waals surface area contributed by atoms with Crippen LogP contribution in [-0.4, -0.2) is 138 Å². The lowest BCUT2D eigenvalue weighted by Crippen LogP contribution is -2.48. The highest BCUT2D eigenvalue weighted by Gasteiger charge is 2.19. The molecule has 0 radical (unpaired) electrons. The predicted octanol–water partition coefficient (Wildman–Crippen LogP) is -1.70. The molecular weight excluding hydrogens is 372 g/mol. The summed E-state index contributed by atoms with van der Waals surface area (Å²) < 4.78 is 0. The van der Waals surface area contributed by atoms with Crippen LogP contribution in [0.4, 0.5) is 0 Å². The zero-order chi connectivity index (χ0) is 21.5. The van der Waals surface area contributed by atoms with E-state index in [1.807, 2.05) is 23.5 Å². The first-order valence-electron chi connectivity index (χ1n) is 9.13. The van der Waals surface area contributed by atoms with E-state index in [0.29, 0.717) is 52.4 Å². The topological polar surface area (TPSA) is 142 Å². The van der Waals surface area contributed by atoms with Crippen molar-refractivity contribution in [2.75, 3.05) is 78.5 Å². The average Bonchev–Trinajstić information content (AvgIpc) is 2.62. The molecule has 1 aliphatic heterocycles. The molecule has 1 aliphatic rings. The van der Waals surface area contributed by atoms with Crippen molar-refractivity contribution < 1.29 is 34.5 Å². The van der Waals surface area contributed by atoms with Gasteiger partial charge >= 0.3 is 17.9 Å². The number of hydrogen-bond acceptors (Lipinski definition) is 8. The molecule has 0 aromatic rings. The molecule has 0 atom stereocenters. The second-order valence-corrected chi connectivity index (χ2v) is 6.44. The Kier molecular flexibility index (Phi) is 13.8. The van der Waals surface area contributed by atoms with Crippen molar-refractivity contribution in [1.29, 1.82) is 0 Å². The maximum Gasteiger partial charge on any atom is 0.317 e. The second kappa shape index (κ2) is 14.9. The smallest absolute Gasteiger partial charge is 0.317 e. The van der Waals surface area contributed by atoms with Gasteiger partial charge in [0.1, 0.15) is 6.79 Å². The van der Waals surface area contributed by atoms with Crippen LogP contribution < -0.4 is 0 Å². The predicted molar refractivity (Wildman–Crippen MR) is 101 cm³/mol. The Bertz CT molecular complexity index is 460. The number of rotatable bonds is 7.